The highest BCUT2D eigenvalue weighted by Gasteiger charge is 2.25. The van der Waals surface area contributed by atoms with Crippen LogP contribution < -0.4 is 5.32 Å². The molecule has 21 heavy (non-hydrogen) atoms. The predicted octanol–water partition coefficient (Wildman–Crippen LogP) is 3.07. The summed E-state index contributed by atoms with van der Waals surface area (Å²) < 4.78 is 0. The monoisotopic (exact) mass is 288 g/mol. The van der Waals surface area contributed by atoms with E-state index < -0.39 is 0 Å². The van der Waals surface area contributed by atoms with E-state index in [4.69, 9.17) is 0 Å². The van der Waals surface area contributed by atoms with Crippen molar-refractivity contribution >= 4 is 5.91 Å². The minimum absolute atomic E-state index is 0.220. The van der Waals surface area contributed by atoms with Gasteiger partial charge in [0, 0.05) is 18.7 Å². The molecule has 1 N–H and O–H groups in total. The van der Waals surface area contributed by atoms with Crippen molar-refractivity contribution in [3.8, 4) is 0 Å². The number of hydrogen-bond acceptors (Lipinski definition) is 2. The van der Waals surface area contributed by atoms with E-state index in [0.717, 1.165) is 55.1 Å². The maximum absolute atomic E-state index is 12.8. The first kappa shape index (κ1) is 16.0. The Labute approximate surface area is 128 Å². The van der Waals surface area contributed by atoms with E-state index in [2.05, 4.69) is 24.4 Å². The summed E-state index contributed by atoms with van der Waals surface area (Å²) >= 11 is 0. The number of nitrogens with zero attached hydrogens (tertiary/aromatic N) is 1. The third-order valence-corrected chi connectivity index (χ3v) is 4.60. The van der Waals surface area contributed by atoms with Crippen LogP contribution in [0, 0.1) is 26.7 Å². The second kappa shape index (κ2) is 7.08. The number of piperidine rings is 1. The van der Waals surface area contributed by atoms with Crippen molar-refractivity contribution in [2.75, 3.05) is 26.7 Å². The molecule has 3 heteroatoms. The number of benzene rings is 1. The topological polar surface area (TPSA) is 32.3 Å². The Morgan fingerprint density at radius 2 is 1.76 bits per heavy atom. The summed E-state index contributed by atoms with van der Waals surface area (Å²) in [6.45, 7) is 9.07. The van der Waals surface area contributed by atoms with E-state index in [1.165, 1.54) is 12.0 Å². The van der Waals surface area contributed by atoms with Crippen LogP contribution in [-0.2, 0) is 0 Å². The summed E-state index contributed by atoms with van der Waals surface area (Å²) in [6.07, 6.45) is 3.50. The summed E-state index contributed by atoms with van der Waals surface area (Å²) in [5.74, 6) is 0.985. The normalized spacial score (nSPS) is 16.3. The molecule has 1 aromatic carbocycles. The summed E-state index contributed by atoms with van der Waals surface area (Å²) in [6, 6.07) is 4.22. The highest BCUT2D eigenvalue weighted by atomic mass is 16.2. The maximum Gasteiger partial charge on any atom is 0.254 e. The van der Waals surface area contributed by atoms with E-state index in [9.17, 15) is 4.79 Å². The number of amides is 1. The maximum atomic E-state index is 12.8. The van der Waals surface area contributed by atoms with Crippen LogP contribution in [0.4, 0.5) is 0 Å². The first-order valence-corrected chi connectivity index (χ1v) is 8.04. The summed E-state index contributed by atoms with van der Waals surface area (Å²) in [4.78, 5) is 14.8. The summed E-state index contributed by atoms with van der Waals surface area (Å²) in [5.41, 5.74) is 4.35. The first-order chi connectivity index (χ1) is 10.0. The van der Waals surface area contributed by atoms with Crippen LogP contribution in [0.1, 0.15) is 46.3 Å². The Bertz CT molecular complexity index is 479. The van der Waals surface area contributed by atoms with E-state index in [1.54, 1.807) is 0 Å². The number of aryl methyl sites for hydroxylation is 3. The number of carbonyl (C=O) groups is 1. The van der Waals surface area contributed by atoms with Gasteiger partial charge in [0.05, 0.1) is 0 Å². The summed E-state index contributed by atoms with van der Waals surface area (Å²) in [5, 5.41) is 3.21. The molecule has 3 nitrogen and oxygen atoms in total. The van der Waals surface area contributed by atoms with E-state index >= 15 is 0 Å². The smallest absolute Gasteiger partial charge is 0.254 e. The van der Waals surface area contributed by atoms with Gasteiger partial charge in [-0.2, -0.15) is 0 Å². The average molecular weight is 288 g/mol. The number of nitrogens with one attached hydrogen (secondary N) is 1. The van der Waals surface area contributed by atoms with E-state index in [1.807, 2.05) is 25.8 Å². The van der Waals surface area contributed by atoms with Gasteiger partial charge >= 0.3 is 0 Å². The van der Waals surface area contributed by atoms with Crippen molar-refractivity contribution in [1.29, 1.82) is 0 Å². The van der Waals surface area contributed by atoms with Crippen molar-refractivity contribution in [2.24, 2.45) is 5.92 Å². The molecule has 1 aromatic rings. The molecule has 0 radical (unpaired) electrons. The molecule has 0 aliphatic carbocycles. The van der Waals surface area contributed by atoms with Crippen molar-refractivity contribution < 1.29 is 4.79 Å². The zero-order valence-electron chi connectivity index (χ0n) is 13.8. The SMILES string of the molecule is CNCCC1CCN(C(=O)c2c(C)cc(C)cc2C)CC1. The van der Waals surface area contributed by atoms with Crippen LogP contribution in [-0.4, -0.2) is 37.5 Å². The van der Waals surface area contributed by atoms with Crippen LogP contribution in [0.25, 0.3) is 0 Å². The lowest BCUT2D eigenvalue weighted by molar-refractivity contribution is 0.0685. The van der Waals surface area contributed by atoms with Crippen molar-refractivity contribution in [3.05, 3.63) is 34.4 Å². The molecule has 0 atom stereocenters. The second-order valence-electron chi connectivity index (χ2n) is 6.40. The van der Waals surface area contributed by atoms with E-state index in [0.29, 0.717) is 0 Å². The molecule has 1 amide bonds. The van der Waals surface area contributed by atoms with Gasteiger partial charge in [0.15, 0.2) is 0 Å². The van der Waals surface area contributed by atoms with Crippen molar-refractivity contribution in [1.82, 2.24) is 10.2 Å². The molecule has 1 fully saturated rings. The van der Waals surface area contributed by atoms with Crippen molar-refractivity contribution in [3.63, 3.8) is 0 Å². The Kier molecular flexibility index (Phi) is 5.40. The molecule has 0 spiro atoms. The van der Waals surface area contributed by atoms with Crippen LogP contribution in [0.15, 0.2) is 12.1 Å². The predicted molar refractivity (Wildman–Crippen MR) is 87.8 cm³/mol. The number of rotatable bonds is 4. The fourth-order valence-electron chi connectivity index (χ4n) is 3.45. The molecular formula is C18H28N2O. The Morgan fingerprint density at radius 3 is 2.29 bits per heavy atom. The van der Waals surface area contributed by atoms with Gasteiger partial charge in [-0.25, -0.2) is 0 Å². The van der Waals surface area contributed by atoms with Crippen molar-refractivity contribution in [2.45, 2.75) is 40.0 Å². The van der Waals surface area contributed by atoms with Gasteiger partial charge in [0.2, 0.25) is 0 Å². The van der Waals surface area contributed by atoms with Gasteiger partial charge in [-0.05, 0) is 70.7 Å². The third-order valence-electron chi connectivity index (χ3n) is 4.60. The summed E-state index contributed by atoms with van der Waals surface area (Å²) in [7, 11) is 2.00. The van der Waals surface area contributed by atoms with Crippen LogP contribution in [0.5, 0.6) is 0 Å². The molecule has 0 unspecified atom stereocenters. The van der Waals surface area contributed by atoms with Gasteiger partial charge in [0.1, 0.15) is 0 Å². The molecule has 1 aliphatic heterocycles. The highest BCUT2D eigenvalue weighted by Crippen LogP contribution is 2.24. The molecule has 116 valence electrons. The molecule has 1 aliphatic rings. The lowest BCUT2D eigenvalue weighted by Gasteiger charge is -2.32. The van der Waals surface area contributed by atoms with Gasteiger partial charge in [-0.3, -0.25) is 4.79 Å². The van der Waals surface area contributed by atoms with Crippen LogP contribution in [0.3, 0.4) is 0 Å². The average Bonchev–Trinajstić information content (AvgIpc) is 2.44. The molecule has 0 saturated carbocycles. The fourth-order valence-corrected chi connectivity index (χ4v) is 3.45. The zero-order valence-corrected chi connectivity index (χ0v) is 13.8. The van der Waals surface area contributed by atoms with Gasteiger partial charge in [-0.1, -0.05) is 17.7 Å². The lowest BCUT2D eigenvalue weighted by atomic mass is 9.92. The van der Waals surface area contributed by atoms with E-state index in [-0.39, 0.29) is 5.91 Å². The number of hydrogen-bond donors (Lipinski definition) is 1. The van der Waals surface area contributed by atoms with Gasteiger partial charge < -0.3 is 10.2 Å². The molecule has 0 bridgehead atoms. The molecule has 0 aromatic heterocycles. The number of likely N-dealkylation sites (tertiary alicyclic amines) is 1. The Balaban J connectivity index is 2.02. The Hall–Kier alpha value is -1.35. The lowest BCUT2D eigenvalue weighted by Crippen LogP contribution is -2.39. The first-order valence-electron chi connectivity index (χ1n) is 8.04. The van der Waals surface area contributed by atoms with Gasteiger partial charge in [0.25, 0.3) is 5.91 Å². The minimum atomic E-state index is 0.220. The largest absolute Gasteiger partial charge is 0.339 e. The minimum Gasteiger partial charge on any atom is -0.339 e. The highest BCUT2D eigenvalue weighted by molar-refractivity contribution is 5.97. The third kappa shape index (κ3) is 3.85. The second-order valence-corrected chi connectivity index (χ2v) is 6.40. The molecule has 2 rings (SSSR count). The molecule has 1 saturated heterocycles. The van der Waals surface area contributed by atoms with Gasteiger partial charge in [-0.15, -0.1) is 0 Å². The quantitative estimate of drug-likeness (QED) is 0.923. The Morgan fingerprint density at radius 1 is 1.19 bits per heavy atom. The molecule has 1 heterocycles. The standard InChI is InChI=1S/C18H28N2O/c1-13-11-14(2)17(15(3)12-13)18(21)20-9-6-16(7-10-20)5-8-19-4/h11-12,16,19H,5-10H2,1-4H3. The fraction of sp³-hybridized carbons (Fsp3) is 0.611. The zero-order chi connectivity index (χ0) is 15.4. The number of carbonyl (C=O) groups excluding carboxylic acids is 1. The molecular weight excluding hydrogens is 260 g/mol. The van der Waals surface area contributed by atoms with Crippen LogP contribution >= 0.6 is 0 Å². The van der Waals surface area contributed by atoms with Crippen LogP contribution in [0.2, 0.25) is 0 Å².